The smallest absolute Gasteiger partial charge is 0.253 e. The van der Waals surface area contributed by atoms with Gasteiger partial charge in [0.25, 0.3) is 5.91 Å². The van der Waals surface area contributed by atoms with Gasteiger partial charge in [-0.2, -0.15) is 0 Å². The molecule has 0 aliphatic carbocycles. The summed E-state index contributed by atoms with van der Waals surface area (Å²) in [5, 5.41) is 0.728. The van der Waals surface area contributed by atoms with E-state index in [4.69, 9.17) is 0 Å². The first-order chi connectivity index (χ1) is 10.0. The zero-order chi connectivity index (χ0) is 15.4. The van der Waals surface area contributed by atoms with Gasteiger partial charge in [0.1, 0.15) is 0 Å². The lowest BCUT2D eigenvalue weighted by molar-refractivity contribution is 0.0785. The Morgan fingerprint density at radius 1 is 1.05 bits per heavy atom. The van der Waals surface area contributed by atoms with E-state index >= 15 is 0 Å². The molecule has 0 atom stereocenters. The van der Waals surface area contributed by atoms with Crippen molar-refractivity contribution in [2.24, 2.45) is 0 Å². The Bertz CT molecular complexity index is 643. The molecular formula is C16H14BrF2NO. The minimum Gasteiger partial charge on any atom is -0.337 e. The predicted molar refractivity (Wildman–Crippen MR) is 81.2 cm³/mol. The lowest BCUT2D eigenvalue weighted by Gasteiger charge is -2.17. The van der Waals surface area contributed by atoms with Gasteiger partial charge in [0.05, 0.1) is 0 Å². The van der Waals surface area contributed by atoms with Gasteiger partial charge in [-0.3, -0.25) is 4.79 Å². The number of rotatable bonds is 4. The Hall–Kier alpha value is -1.75. The maximum Gasteiger partial charge on any atom is 0.253 e. The molecule has 0 radical (unpaired) electrons. The normalized spacial score (nSPS) is 10.5. The van der Waals surface area contributed by atoms with Crippen LogP contribution >= 0.6 is 15.9 Å². The summed E-state index contributed by atoms with van der Waals surface area (Å²) in [5.74, 6) is -1.96. The molecule has 2 nitrogen and oxygen atoms in total. The molecule has 5 heteroatoms. The topological polar surface area (TPSA) is 20.3 Å². The van der Waals surface area contributed by atoms with E-state index in [1.807, 2.05) is 12.1 Å². The van der Waals surface area contributed by atoms with Crippen LogP contribution < -0.4 is 0 Å². The molecule has 0 saturated heterocycles. The van der Waals surface area contributed by atoms with E-state index in [1.165, 1.54) is 11.0 Å². The highest BCUT2D eigenvalue weighted by atomic mass is 79.9. The average Bonchev–Trinajstić information content (AvgIpc) is 2.50. The van der Waals surface area contributed by atoms with Gasteiger partial charge in [0, 0.05) is 24.5 Å². The summed E-state index contributed by atoms with van der Waals surface area (Å²) in [6.45, 7) is 0.218. The van der Waals surface area contributed by atoms with Gasteiger partial charge >= 0.3 is 0 Å². The third-order valence-corrected chi connectivity index (χ3v) is 3.75. The number of hydrogen-bond donors (Lipinski definition) is 0. The number of nitrogens with zero attached hydrogens (tertiary/aromatic N) is 1. The first-order valence-electron chi connectivity index (χ1n) is 6.35. The van der Waals surface area contributed by atoms with Crippen molar-refractivity contribution in [3.8, 4) is 0 Å². The van der Waals surface area contributed by atoms with Crippen molar-refractivity contribution in [3.05, 3.63) is 70.8 Å². The molecule has 0 saturated carbocycles. The summed E-state index contributed by atoms with van der Waals surface area (Å²) in [6.07, 6.45) is 0. The molecule has 0 N–H and O–H groups in total. The summed E-state index contributed by atoms with van der Waals surface area (Å²) in [4.78, 5) is 13.7. The van der Waals surface area contributed by atoms with Crippen LogP contribution in [0.2, 0.25) is 0 Å². The zero-order valence-electron chi connectivity index (χ0n) is 11.4. The van der Waals surface area contributed by atoms with Crippen LogP contribution in [0.5, 0.6) is 0 Å². The maximum absolute atomic E-state index is 13.2. The number of carbonyl (C=O) groups excluding carboxylic acids is 1. The highest BCUT2D eigenvalue weighted by Crippen LogP contribution is 2.13. The monoisotopic (exact) mass is 353 g/mol. The molecule has 0 unspecified atom stereocenters. The van der Waals surface area contributed by atoms with Gasteiger partial charge in [-0.1, -0.05) is 34.1 Å². The van der Waals surface area contributed by atoms with E-state index < -0.39 is 11.6 Å². The van der Waals surface area contributed by atoms with Crippen LogP contribution in [0.25, 0.3) is 0 Å². The van der Waals surface area contributed by atoms with E-state index in [0.29, 0.717) is 11.1 Å². The van der Waals surface area contributed by atoms with Crippen molar-refractivity contribution in [1.82, 2.24) is 4.90 Å². The molecule has 0 aromatic heterocycles. The number of hydrogen-bond acceptors (Lipinski definition) is 1. The van der Waals surface area contributed by atoms with Crippen molar-refractivity contribution in [1.29, 1.82) is 0 Å². The first kappa shape index (κ1) is 15.6. The number of alkyl halides is 1. The third-order valence-electron chi connectivity index (χ3n) is 3.11. The van der Waals surface area contributed by atoms with E-state index in [9.17, 15) is 13.6 Å². The molecule has 0 aliphatic heterocycles. The van der Waals surface area contributed by atoms with E-state index in [-0.39, 0.29) is 12.5 Å². The van der Waals surface area contributed by atoms with E-state index in [1.54, 1.807) is 19.2 Å². The molecule has 0 fully saturated rings. The summed E-state index contributed by atoms with van der Waals surface area (Å²) in [5.41, 5.74) is 2.18. The second-order valence-corrected chi connectivity index (χ2v) is 5.30. The summed E-state index contributed by atoms with van der Waals surface area (Å²) in [7, 11) is 1.63. The Morgan fingerprint density at radius 3 is 2.24 bits per heavy atom. The number of halogens is 3. The maximum atomic E-state index is 13.2. The standard InChI is InChI=1S/C16H14BrF2NO/c1-20(10-12-4-7-14(18)15(19)8-12)16(21)13-5-2-11(9-17)3-6-13/h2-8H,9-10H2,1H3. The minimum absolute atomic E-state index is 0.166. The molecular weight excluding hydrogens is 340 g/mol. The zero-order valence-corrected chi connectivity index (χ0v) is 13.0. The fraction of sp³-hybridized carbons (Fsp3) is 0.188. The van der Waals surface area contributed by atoms with Gasteiger partial charge in [0.15, 0.2) is 11.6 Å². The van der Waals surface area contributed by atoms with Crippen molar-refractivity contribution in [3.63, 3.8) is 0 Å². The molecule has 21 heavy (non-hydrogen) atoms. The van der Waals surface area contributed by atoms with Crippen molar-refractivity contribution in [2.75, 3.05) is 7.05 Å². The third kappa shape index (κ3) is 3.88. The van der Waals surface area contributed by atoms with Crippen LogP contribution in [-0.4, -0.2) is 17.9 Å². The lowest BCUT2D eigenvalue weighted by Crippen LogP contribution is -2.26. The minimum atomic E-state index is -0.907. The molecule has 2 aromatic rings. The number of carbonyl (C=O) groups is 1. The first-order valence-corrected chi connectivity index (χ1v) is 7.47. The highest BCUT2D eigenvalue weighted by molar-refractivity contribution is 9.08. The SMILES string of the molecule is CN(Cc1ccc(F)c(F)c1)C(=O)c1ccc(CBr)cc1. The fourth-order valence-electron chi connectivity index (χ4n) is 1.94. The molecule has 2 aromatic carbocycles. The largest absolute Gasteiger partial charge is 0.337 e. The van der Waals surface area contributed by atoms with Gasteiger partial charge in [-0.25, -0.2) is 8.78 Å². The molecule has 0 aliphatic rings. The number of amides is 1. The molecule has 0 heterocycles. The molecule has 1 amide bonds. The van der Waals surface area contributed by atoms with Crippen molar-refractivity contribution in [2.45, 2.75) is 11.9 Å². The lowest BCUT2D eigenvalue weighted by atomic mass is 10.1. The Morgan fingerprint density at radius 2 is 1.67 bits per heavy atom. The quantitative estimate of drug-likeness (QED) is 0.756. The molecule has 0 bridgehead atoms. The van der Waals surface area contributed by atoms with Crippen LogP contribution in [0.4, 0.5) is 8.78 Å². The summed E-state index contributed by atoms with van der Waals surface area (Å²) in [6, 6.07) is 10.9. The van der Waals surface area contributed by atoms with E-state index in [0.717, 1.165) is 23.0 Å². The van der Waals surface area contributed by atoms with Gasteiger partial charge < -0.3 is 4.90 Å². The van der Waals surface area contributed by atoms with Crippen molar-refractivity contribution < 1.29 is 13.6 Å². The van der Waals surface area contributed by atoms with Gasteiger partial charge in [0.2, 0.25) is 0 Å². The Balaban J connectivity index is 2.09. The van der Waals surface area contributed by atoms with Crippen LogP contribution in [0.15, 0.2) is 42.5 Å². The van der Waals surface area contributed by atoms with Crippen LogP contribution in [0.1, 0.15) is 21.5 Å². The second-order valence-electron chi connectivity index (χ2n) is 4.74. The second kappa shape index (κ2) is 6.80. The molecule has 2 rings (SSSR count). The van der Waals surface area contributed by atoms with Crippen molar-refractivity contribution >= 4 is 21.8 Å². The fourth-order valence-corrected chi connectivity index (χ4v) is 2.31. The summed E-state index contributed by atoms with van der Waals surface area (Å²) >= 11 is 3.34. The average molecular weight is 354 g/mol. The molecule has 0 spiro atoms. The molecule has 110 valence electrons. The Labute approximate surface area is 130 Å². The van der Waals surface area contributed by atoms with Crippen LogP contribution in [-0.2, 0) is 11.9 Å². The number of benzene rings is 2. The van der Waals surface area contributed by atoms with Crippen LogP contribution in [0, 0.1) is 11.6 Å². The predicted octanol–water partition coefficient (Wildman–Crippen LogP) is 4.13. The summed E-state index contributed by atoms with van der Waals surface area (Å²) < 4.78 is 26.0. The van der Waals surface area contributed by atoms with Gasteiger partial charge in [-0.05, 0) is 35.4 Å². The van der Waals surface area contributed by atoms with Crippen LogP contribution in [0.3, 0.4) is 0 Å². The van der Waals surface area contributed by atoms with Gasteiger partial charge in [-0.15, -0.1) is 0 Å². The Kier molecular flexibility index (Phi) is 5.07. The van der Waals surface area contributed by atoms with E-state index in [2.05, 4.69) is 15.9 Å². The highest BCUT2D eigenvalue weighted by Gasteiger charge is 2.13.